The van der Waals surface area contributed by atoms with Gasteiger partial charge in [-0.1, -0.05) is 12.1 Å². The Morgan fingerprint density at radius 2 is 1.42 bits per heavy atom. The van der Waals surface area contributed by atoms with Gasteiger partial charge in [0.1, 0.15) is 5.75 Å². The van der Waals surface area contributed by atoms with E-state index in [1.807, 2.05) is 48.5 Å². The maximum Gasteiger partial charge on any atom is 0.123 e. The second kappa shape index (κ2) is 8.17. The fourth-order valence-corrected chi connectivity index (χ4v) is 2.28. The number of hydrogen-bond donors (Lipinski definition) is 1. The van der Waals surface area contributed by atoms with Crippen LogP contribution < -0.4 is 4.74 Å². The molecule has 3 heterocycles. The molecular formula is C19H19N3O2. The fraction of sp³-hybridized carbons (Fsp3) is 0.211. The fourth-order valence-electron chi connectivity index (χ4n) is 2.28. The molecule has 0 amide bonds. The first kappa shape index (κ1) is 16.1. The largest absolute Gasteiger partial charge is 0.493 e. The maximum atomic E-state index is 8.87. The molecule has 3 aromatic rings. The Hall–Kier alpha value is -2.79. The van der Waals surface area contributed by atoms with Crippen LogP contribution in [0.1, 0.15) is 12.8 Å². The van der Waals surface area contributed by atoms with E-state index in [9.17, 15) is 0 Å². The summed E-state index contributed by atoms with van der Waals surface area (Å²) in [4.78, 5) is 13.4. The normalized spacial score (nSPS) is 10.5. The highest BCUT2D eigenvalue weighted by molar-refractivity contribution is 5.64. The van der Waals surface area contributed by atoms with Gasteiger partial charge in [0.2, 0.25) is 0 Å². The Labute approximate surface area is 141 Å². The predicted molar refractivity (Wildman–Crippen MR) is 92.5 cm³/mol. The molecule has 5 nitrogen and oxygen atoms in total. The number of unbranched alkanes of at least 4 members (excludes halogenated alkanes) is 1. The molecule has 0 aliphatic heterocycles. The molecule has 3 rings (SSSR count). The number of ether oxygens (including phenoxy) is 1. The molecule has 0 saturated carbocycles. The number of aromatic nitrogens is 3. The first-order valence-electron chi connectivity index (χ1n) is 7.95. The van der Waals surface area contributed by atoms with Crippen molar-refractivity contribution in [3.05, 3.63) is 60.9 Å². The highest BCUT2D eigenvalue weighted by atomic mass is 16.5. The van der Waals surface area contributed by atoms with Crippen molar-refractivity contribution < 1.29 is 9.84 Å². The molecule has 0 spiro atoms. The van der Waals surface area contributed by atoms with Gasteiger partial charge in [-0.25, -0.2) is 4.98 Å². The van der Waals surface area contributed by atoms with Gasteiger partial charge in [-0.2, -0.15) is 0 Å². The van der Waals surface area contributed by atoms with E-state index in [0.717, 1.165) is 41.4 Å². The minimum atomic E-state index is 0.179. The van der Waals surface area contributed by atoms with E-state index in [-0.39, 0.29) is 6.61 Å². The Morgan fingerprint density at radius 3 is 1.92 bits per heavy atom. The van der Waals surface area contributed by atoms with Crippen LogP contribution in [0.5, 0.6) is 5.75 Å². The quantitative estimate of drug-likeness (QED) is 0.676. The van der Waals surface area contributed by atoms with Crippen molar-refractivity contribution in [1.82, 2.24) is 15.0 Å². The van der Waals surface area contributed by atoms with Crippen LogP contribution >= 0.6 is 0 Å². The number of aliphatic hydroxyl groups excluding tert-OH is 1. The number of rotatable bonds is 7. The van der Waals surface area contributed by atoms with Crippen LogP contribution in [0.15, 0.2) is 60.9 Å². The van der Waals surface area contributed by atoms with Crippen LogP contribution in [0.2, 0.25) is 0 Å². The average molecular weight is 321 g/mol. The van der Waals surface area contributed by atoms with Crippen molar-refractivity contribution in [3.8, 4) is 28.5 Å². The van der Waals surface area contributed by atoms with E-state index in [2.05, 4.69) is 15.0 Å². The van der Waals surface area contributed by atoms with E-state index >= 15 is 0 Å². The SMILES string of the molecule is OCCCCOc1cc(-c2ccccn2)nc(-c2ccccn2)c1. The van der Waals surface area contributed by atoms with E-state index in [1.165, 1.54) is 0 Å². The second-order valence-electron chi connectivity index (χ2n) is 5.28. The van der Waals surface area contributed by atoms with Crippen molar-refractivity contribution in [2.45, 2.75) is 12.8 Å². The van der Waals surface area contributed by atoms with Crippen LogP contribution in [0.4, 0.5) is 0 Å². The molecule has 122 valence electrons. The van der Waals surface area contributed by atoms with E-state index < -0.39 is 0 Å². The van der Waals surface area contributed by atoms with Gasteiger partial charge in [0.05, 0.1) is 29.4 Å². The molecule has 0 saturated heterocycles. The first-order valence-corrected chi connectivity index (χ1v) is 7.95. The van der Waals surface area contributed by atoms with E-state index in [1.54, 1.807) is 12.4 Å². The maximum absolute atomic E-state index is 8.87. The average Bonchev–Trinajstić information content (AvgIpc) is 2.66. The highest BCUT2D eigenvalue weighted by Crippen LogP contribution is 2.26. The molecule has 0 radical (unpaired) electrons. The Bertz CT molecular complexity index is 706. The van der Waals surface area contributed by atoms with Crippen LogP contribution in [-0.2, 0) is 0 Å². The van der Waals surface area contributed by atoms with Gasteiger partial charge in [0.25, 0.3) is 0 Å². The topological polar surface area (TPSA) is 68.1 Å². The Morgan fingerprint density at radius 1 is 0.792 bits per heavy atom. The second-order valence-corrected chi connectivity index (χ2v) is 5.28. The van der Waals surface area contributed by atoms with Crippen LogP contribution in [0, 0.1) is 0 Å². The summed E-state index contributed by atoms with van der Waals surface area (Å²) in [5.41, 5.74) is 3.07. The third kappa shape index (κ3) is 4.14. The van der Waals surface area contributed by atoms with Gasteiger partial charge in [-0.3, -0.25) is 9.97 Å². The molecule has 0 fully saturated rings. The number of nitrogens with zero attached hydrogens (tertiary/aromatic N) is 3. The molecule has 0 aliphatic rings. The number of aliphatic hydroxyl groups is 1. The van der Waals surface area contributed by atoms with Crippen molar-refractivity contribution in [3.63, 3.8) is 0 Å². The van der Waals surface area contributed by atoms with E-state index in [4.69, 9.17) is 9.84 Å². The van der Waals surface area contributed by atoms with Gasteiger partial charge >= 0.3 is 0 Å². The van der Waals surface area contributed by atoms with Gasteiger partial charge in [0, 0.05) is 31.1 Å². The molecule has 0 bridgehead atoms. The zero-order valence-electron chi connectivity index (χ0n) is 13.3. The van der Waals surface area contributed by atoms with Gasteiger partial charge in [-0.15, -0.1) is 0 Å². The highest BCUT2D eigenvalue weighted by Gasteiger charge is 2.09. The molecular weight excluding hydrogens is 302 g/mol. The van der Waals surface area contributed by atoms with E-state index in [0.29, 0.717) is 6.61 Å². The Balaban J connectivity index is 1.93. The minimum Gasteiger partial charge on any atom is -0.493 e. The van der Waals surface area contributed by atoms with Gasteiger partial charge < -0.3 is 9.84 Å². The lowest BCUT2D eigenvalue weighted by Crippen LogP contribution is -2.00. The molecule has 5 heteroatoms. The molecule has 1 N–H and O–H groups in total. The van der Waals surface area contributed by atoms with Gasteiger partial charge in [0.15, 0.2) is 0 Å². The summed E-state index contributed by atoms with van der Waals surface area (Å²) in [6.45, 7) is 0.728. The zero-order valence-corrected chi connectivity index (χ0v) is 13.3. The third-order valence-corrected chi connectivity index (χ3v) is 3.47. The summed E-state index contributed by atoms with van der Waals surface area (Å²) in [7, 11) is 0. The molecule has 0 atom stereocenters. The smallest absolute Gasteiger partial charge is 0.123 e. The van der Waals surface area contributed by atoms with Crippen molar-refractivity contribution in [2.24, 2.45) is 0 Å². The molecule has 0 aromatic carbocycles. The molecule has 3 aromatic heterocycles. The number of pyridine rings is 3. The summed E-state index contributed by atoms with van der Waals surface area (Å²) in [5, 5.41) is 8.87. The van der Waals surface area contributed by atoms with Crippen molar-refractivity contribution in [2.75, 3.05) is 13.2 Å². The molecule has 0 aliphatic carbocycles. The molecule has 0 unspecified atom stereocenters. The first-order chi connectivity index (χ1) is 11.9. The zero-order chi connectivity index (χ0) is 16.6. The summed E-state index contributed by atoms with van der Waals surface area (Å²) in [6, 6.07) is 15.2. The summed E-state index contributed by atoms with van der Waals surface area (Å²) < 4.78 is 5.83. The monoisotopic (exact) mass is 321 g/mol. The van der Waals surface area contributed by atoms with Gasteiger partial charge in [-0.05, 0) is 37.1 Å². The Kier molecular flexibility index (Phi) is 5.48. The number of hydrogen-bond acceptors (Lipinski definition) is 5. The van der Waals surface area contributed by atoms with Crippen LogP contribution in [0.25, 0.3) is 22.8 Å². The summed E-state index contributed by atoms with van der Waals surface area (Å²) >= 11 is 0. The van der Waals surface area contributed by atoms with Crippen LogP contribution in [-0.4, -0.2) is 33.3 Å². The summed E-state index contributed by atoms with van der Waals surface area (Å²) in [6.07, 6.45) is 5.01. The van der Waals surface area contributed by atoms with Crippen molar-refractivity contribution >= 4 is 0 Å². The third-order valence-electron chi connectivity index (χ3n) is 3.47. The lowest BCUT2D eigenvalue weighted by atomic mass is 10.2. The van der Waals surface area contributed by atoms with Crippen LogP contribution in [0.3, 0.4) is 0 Å². The summed E-state index contributed by atoms with van der Waals surface area (Å²) in [5.74, 6) is 0.726. The molecule has 24 heavy (non-hydrogen) atoms. The minimum absolute atomic E-state index is 0.179. The standard InChI is InChI=1S/C19H19N3O2/c23-11-5-6-12-24-15-13-18(16-7-1-3-9-20-16)22-19(14-15)17-8-2-4-10-21-17/h1-4,7-10,13-14,23H,5-6,11-12H2. The predicted octanol–water partition coefficient (Wildman–Crippen LogP) is 3.36. The lowest BCUT2D eigenvalue weighted by molar-refractivity contribution is 0.253. The van der Waals surface area contributed by atoms with Crippen molar-refractivity contribution in [1.29, 1.82) is 0 Å². The lowest BCUT2D eigenvalue weighted by Gasteiger charge is -2.10.